The van der Waals surface area contributed by atoms with E-state index < -0.39 is 29.8 Å². The van der Waals surface area contributed by atoms with Crippen LogP contribution in [-0.2, 0) is 17.6 Å². The van der Waals surface area contributed by atoms with Crippen LogP contribution in [0.25, 0.3) is 0 Å². The molecule has 2 aliphatic heterocycles. The molecule has 1 aromatic carbocycles. The lowest BCUT2D eigenvalue weighted by Gasteiger charge is -2.42. The van der Waals surface area contributed by atoms with Gasteiger partial charge in [-0.25, -0.2) is 9.37 Å². The molecule has 3 heterocycles. The Balaban J connectivity index is 1.46. The summed E-state index contributed by atoms with van der Waals surface area (Å²) in [5.74, 6) is -0.772. The number of hydrogen-bond donors (Lipinski definition) is 2. The van der Waals surface area contributed by atoms with Crippen LogP contribution in [-0.4, -0.2) is 40.0 Å². The van der Waals surface area contributed by atoms with E-state index in [9.17, 15) is 27.5 Å². The molecule has 5 rings (SSSR count). The molecule has 2 fully saturated rings. The van der Waals surface area contributed by atoms with Crippen molar-refractivity contribution in [1.29, 1.82) is 0 Å². The van der Waals surface area contributed by atoms with E-state index in [0.717, 1.165) is 25.0 Å². The number of piperidine rings is 1. The standard InChI is InChI=1S/C24H23ClF4N4O2/c1-12-10-23(6-7-33(12)18-9-14(25)8-17(26)16(18)11-34)22(35)31-21(32-23)15-4-5-19(24(27,28)29)30-20(15)13-2-3-13/h4-5,8-9,12-13,34H,2-3,6-7,10-11H2,1H3,(H,31,32,35)/t12-,23+/m0/s1. The van der Waals surface area contributed by atoms with Gasteiger partial charge in [0, 0.05) is 46.8 Å². The minimum Gasteiger partial charge on any atom is -0.391 e. The summed E-state index contributed by atoms with van der Waals surface area (Å²) in [4.78, 5) is 23.6. The van der Waals surface area contributed by atoms with E-state index in [1.54, 1.807) is 6.07 Å². The van der Waals surface area contributed by atoms with Gasteiger partial charge in [-0.2, -0.15) is 13.2 Å². The minimum atomic E-state index is -4.56. The van der Waals surface area contributed by atoms with Crippen LogP contribution in [0.3, 0.4) is 0 Å². The number of pyridine rings is 1. The highest BCUT2D eigenvalue weighted by Crippen LogP contribution is 2.44. The third kappa shape index (κ3) is 4.27. The molecule has 0 bridgehead atoms. The number of carbonyl (C=O) groups is 1. The van der Waals surface area contributed by atoms with E-state index in [1.807, 2.05) is 11.8 Å². The summed E-state index contributed by atoms with van der Waals surface area (Å²) in [6, 6.07) is 4.72. The van der Waals surface area contributed by atoms with E-state index in [4.69, 9.17) is 16.6 Å². The van der Waals surface area contributed by atoms with Gasteiger partial charge in [0.15, 0.2) is 0 Å². The lowest BCUT2D eigenvalue weighted by Crippen LogP contribution is -2.53. The molecule has 2 aromatic rings. The molecule has 3 aliphatic rings. The summed E-state index contributed by atoms with van der Waals surface area (Å²) >= 11 is 6.05. The molecule has 6 nitrogen and oxygen atoms in total. The molecule has 2 N–H and O–H groups in total. The van der Waals surface area contributed by atoms with Crippen LogP contribution in [0.15, 0.2) is 29.3 Å². The van der Waals surface area contributed by atoms with Gasteiger partial charge < -0.3 is 15.3 Å². The van der Waals surface area contributed by atoms with Crippen molar-refractivity contribution in [2.75, 3.05) is 11.4 Å². The first-order chi connectivity index (χ1) is 16.5. The van der Waals surface area contributed by atoms with Gasteiger partial charge in [-0.1, -0.05) is 11.6 Å². The number of aliphatic hydroxyl groups is 1. The zero-order valence-corrected chi connectivity index (χ0v) is 19.5. The maximum absolute atomic E-state index is 14.4. The number of benzene rings is 1. The number of alkyl halides is 3. The average Bonchev–Trinajstić information content (AvgIpc) is 3.58. The number of aromatic nitrogens is 1. The third-order valence-corrected chi connectivity index (χ3v) is 7.17. The number of amidine groups is 1. The maximum Gasteiger partial charge on any atom is 0.433 e. The van der Waals surface area contributed by atoms with Crippen LogP contribution in [0, 0.1) is 5.82 Å². The minimum absolute atomic E-state index is 0.0844. The third-order valence-electron chi connectivity index (χ3n) is 6.95. The number of aliphatic imine (C=N–C) groups is 1. The number of rotatable bonds is 4. The maximum atomic E-state index is 14.4. The predicted molar refractivity (Wildman–Crippen MR) is 122 cm³/mol. The fourth-order valence-corrected chi connectivity index (χ4v) is 5.24. The number of hydrogen-bond acceptors (Lipinski definition) is 5. The molecule has 1 spiro atoms. The summed E-state index contributed by atoms with van der Waals surface area (Å²) in [6.07, 6.45) is -2.47. The zero-order chi connectivity index (χ0) is 25.1. The van der Waals surface area contributed by atoms with Gasteiger partial charge in [-0.3, -0.25) is 9.79 Å². The number of aliphatic hydroxyl groups excluding tert-OH is 1. The van der Waals surface area contributed by atoms with Crippen molar-refractivity contribution in [2.45, 2.75) is 62.9 Å². The van der Waals surface area contributed by atoms with E-state index in [-0.39, 0.29) is 34.3 Å². The molecule has 11 heteroatoms. The molecule has 0 unspecified atom stereocenters. The van der Waals surface area contributed by atoms with Crippen LogP contribution >= 0.6 is 11.6 Å². The Hall–Kier alpha value is -2.72. The second-order valence-electron chi connectivity index (χ2n) is 9.39. The van der Waals surface area contributed by atoms with Crippen molar-refractivity contribution in [2.24, 2.45) is 4.99 Å². The van der Waals surface area contributed by atoms with Crippen molar-refractivity contribution in [3.8, 4) is 0 Å². The second kappa shape index (κ2) is 8.44. The van der Waals surface area contributed by atoms with Gasteiger partial charge >= 0.3 is 6.18 Å². The highest BCUT2D eigenvalue weighted by atomic mass is 35.5. The molecule has 2 atom stereocenters. The Labute approximate surface area is 204 Å². The van der Waals surface area contributed by atoms with Crippen LogP contribution < -0.4 is 10.2 Å². The van der Waals surface area contributed by atoms with Gasteiger partial charge in [-0.15, -0.1) is 0 Å². The monoisotopic (exact) mass is 510 g/mol. The van der Waals surface area contributed by atoms with Crippen molar-refractivity contribution in [3.63, 3.8) is 0 Å². The molecule has 1 aliphatic carbocycles. The van der Waals surface area contributed by atoms with Gasteiger partial charge in [0.05, 0.1) is 12.3 Å². The molecule has 186 valence electrons. The smallest absolute Gasteiger partial charge is 0.391 e. The topological polar surface area (TPSA) is 77.8 Å². The Morgan fingerprint density at radius 1 is 1.29 bits per heavy atom. The molecule has 0 radical (unpaired) electrons. The fourth-order valence-electron chi connectivity index (χ4n) is 5.04. The zero-order valence-electron chi connectivity index (χ0n) is 18.8. The lowest BCUT2D eigenvalue weighted by molar-refractivity contribution is -0.141. The number of anilines is 1. The second-order valence-corrected chi connectivity index (χ2v) is 9.82. The summed E-state index contributed by atoms with van der Waals surface area (Å²) in [7, 11) is 0. The number of halogens is 5. The number of nitrogens with one attached hydrogen (secondary N) is 1. The van der Waals surface area contributed by atoms with Crippen molar-refractivity contribution in [1.82, 2.24) is 10.3 Å². The van der Waals surface area contributed by atoms with Gasteiger partial charge in [-0.05, 0) is 50.5 Å². The van der Waals surface area contributed by atoms with Crippen LogP contribution in [0.5, 0.6) is 0 Å². The summed E-state index contributed by atoms with van der Waals surface area (Å²) in [6.45, 7) is 1.72. The average molecular weight is 511 g/mol. The SMILES string of the molecule is C[C@H]1C[C@@]2(CCN1c1cc(Cl)cc(F)c1CO)N=C(c1ccc(C(F)(F)F)nc1C1CC1)NC2=O. The molecule has 1 saturated heterocycles. The molecule has 1 saturated carbocycles. The van der Waals surface area contributed by atoms with Gasteiger partial charge in [0.1, 0.15) is 22.9 Å². The van der Waals surface area contributed by atoms with Crippen LogP contribution in [0.1, 0.15) is 61.0 Å². The first kappa shape index (κ1) is 24.0. The fraction of sp³-hybridized carbons (Fsp3) is 0.458. The van der Waals surface area contributed by atoms with Crippen LogP contribution in [0.2, 0.25) is 5.02 Å². The van der Waals surface area contributed by atoms with Crippen molar-refractivity contribution >= 4 is 29.0 Å². The van der Waals surface area contributed by atoms with E-state index >= 15 is 0 Å². The van der Waals surface area contributed by atoms with Gasteiger partial charge in [0.2, 0.25) is 0 Å². The number of nitrogens with zero attached hydrogens (tertiary/aromatic N) is 3. The van der Waals surface area contributed by atoms with E-state index in [0.29, 0.717) is 36.3 Å². The molecule has 1 aromatic heterocycles. The first-order valence-corrected chi connectivity index (χ1v) is 11.8. The lowest BCUT2D eigenvalue weighted by atomic mass is 9.83. The van der Waals surface area contributed by atoms with Crippen molar-refractivity contribution < 1.29 is 27.5 Å². The Bertz CT molecular complexity index is 1230. The Morgan fingerprint density at radius 3 is 2.66 bits per heavy atom. The summed E-state index contributed by atoms with van der Waals surface area (Å²) in [5.41, 5.74) is -0.736. The highest BCUT2D eigenvalue weighted by molar-refractivity contribution is 6.30. The normalized spacial score (nSPS) is 24.7. The largest absolute Gasteiger partial charge is 0.433 e. The molecular weight excluding hydrogens is 488 g/mol. The van der Waals surface area contributed by atoms with E-state index in [1.165, 1.54) is 6.07 Å². The van der Waals surface area contributed by atoms with Crippen molar-refractivity contribution in [3.05, 3.63) is 57.6 Å². The predicted octanol–water partition coefficient (Wildman–Crippen LogP) is 4.57. The summed E-state index contributed by atoms with van der Waals surface area (Å²) < 4.78 is 54.0. The molecule has 1 amide bonds. The number of amides is 1. The Morgan fingerprint density at radius 2 is 2.03 bits per heavy atom. The molecule has 35 heavy (non-hydrogen) atoms. The van der Waals surface area contributed by atoms with E-state index in [2.05, 4.69) is 10.3 Å². The Kier molecular flexibility index (Phi) is 5.79. The summed E-state index contributed by atoms with van der Waals surface area (Å²) in [5, 5.41) is 12.7. The van der Waals surface area contributed by atoms with Gasteiger partial charge in [0.25, 0.3) is 5.91 Å². The number of carbonyl (C=O) groups excluding carboxylic acids is 1. The highest BCUT2D eigenvalue weighted by Gasteiger charge is 2.49. The molecular formula is C24H23ClF4N4O2. The first-order valence-electron chi connectivity index (χ1n) is 11.4. The van der Waals surface area contributed by atoms with Crippen LogP contribution in [0.4, 0.5) is 23.2 Å². The quantitative estimate of drug-likeness (QED) is 0.591.